The van der Waals surface area contributed by atoms with Crippen molar-refractivity contribution in [3.8, 4) is 0 Å². The molecule has 0 nitrogen and oxygen atoms in total. The Hall–Kier alpha value is 3.71. The minimum absolute atomic E-state index is 0. The molecule has 0 fully saturated rings. The molecule has 0 atom stereocenters. The molecule has 0 rings (SSSR count). The van der Waals surface area contributed by atoms with E-state index in [9.17, 15) is 0 Å². The summed E-state index contributed by atoms with van der Waals surface area (Å²) in [7, 11) is 0. The molecular formula is H6Cl5KRu. The van der Waals surface area contributed by atoms with Crippen LogP contribution in [0.1, 0.15) is 1.43 Å². The van der Waals surface area contributed by atoms with E-state index in [4.69, 9.17) is 0 Å². The largest absolute Gasteiger partial charge is 1.00 e. The standard InChI is InChI=1S/5ClH.K.Ru.H/h5*1H;;;/q;;;;;+1;;-1. The minimum Gasteiger partial charge on any atom is -1.00 e. The van der Waals surface area contributed by atoms with Crippen LogP contribution in [-0.2, 0) is 19.5 Å². The van der Waals surface area contributed by atoms with Gasteiger partial charge in [-0.3, -0.25) is 0 Å². The fourth-order valence-corrected chi connectivity index (χ4v) is 0. The number of rotatable bonds is 0. The van der Waals surface area contributed by atoms with E-state index in [0.717, 1.165) is 0 Å². The van der Waals surface area contributed by atoms with Crippen molar-refractivity contribution in [1.29, 1.82) is 0 Å². The Morgan fingerprint density at radius 3 is 0.571 bits per heavy atom. The van der Waals surface area contributed by atoms with Gasteiger partial charge >= 0.3 is 51.4 Å². The summed E-state index contributed by atoms with van der Waals surface area (Å²) in [6.07, 6.45) is 0. The summed E-state index contributed by atoms with van der Waals surface area (Å²) in [6.45, 7) is 0. The Balaban J connectivity index is 0. The maximum atomic E-state index is 0. The van der Waals surface area contributed by atoms with Crippen molar-refractivity contribution >= 4 is 62.0 Å². The number of hydrogen-bond donors (Lipinski definition) is 0. The van der Waals surface area contributed by atoms with E-state index >= 15 is 0 Å². The van der Waals surface area contributed by atoms with Crippen LogP contribution in [0.25, 0.3) is 0 Å². The number of halogens is 5. The molecule has 0 N–H and O–H groups in total. The average Bonchev–Trinajstić information content (AvgIpc) is 0. The van der Waals surface area contributed by atoms with E-state index in [1.807, 2.05) is 0 Å². The number of hydrogen-bond acceptors (Lipinski definition) is 0. The van der Waals surface area contributed by atoms with Crippen molar-refractivity contribution in [3.63, 3.8) is 0 Å². The van der Waals surface area contributed by atoms with Gasteiger partial charge in [-0.15, -0.1) is 62.0 Å². The third kappa shape index (κ3) is 41.9. The maximum Gasteiger partial charge on any atom is 1.00 e. The molecule has 50 valence electrons. The maximum absolute atomic E-state index is 0. The molecular weight excluding hydrogens is 317 g/mol. The molecule has 7 heteroatoms. The van der Waals surface area contributed by atoms with Crippen LogP contribution in [-0.4, -0.2) is 0 Å². The van der Waals surface area contributed by atoms with Gasteiger partial charge in [0.1, 0.15) is 0 Å². The summed E-state index contributed by atoms with van der Waals surface area (Å²) < 4.78 is 0. The molecule has 0 aliphatic heterocycles. The predicted molar refractivity (Wildman–Crippen MR) is 37.4 cm³/mol. The van der Waals surface area contributed by atoms with Gasteiger partial charge in [0.2, 0.25) is 0 Å². The van der Waals surface area contributed by atoms with Gasteiger partial charge in [0, 0.05) is 19.5 Å². The molecule has 0 spiro atoms. The van der Waals surface area contributed by atoms with Crippen LogP contribution < -0.4 is 51.4 Å². The summed E-state index contributed by atoms with van der Waals surface area (Å²) in [6, 6.07) is 0. The van der Waals surface area contributed by atoms with Crippen LogP contribution in [0.15, 0.2) is 0 Å². The molecule has 0 amide bonds. The zero-order chi connectivity index (χ0) is 0. The molecule has 0 aromatic carbocycles. The molecule has 0 aromatic heterocycles. The molecule has 7 heavy (non-hydrogen) atoms. The van der Waals surface area contributed by atoms with E-state index in [0.29, 0.717) is 0 Å². The average molecular weight is 323 g/mol. The fraction of sp³-hybridized carbons (Fsp3) is 0. The van der Waals surface area contributed by atoms with Gasteiger partial charge in [0.15, 0.2) is 0 Å². The molecule has 0 aliphatic rings. The fourth-order valence-electron chi connectivity index (χ4n) is 0. The molecule has 0 bridgehead atoms. The molecule has 0 saturated heterocycles. The summed E-state index contributed by atoms with van der Waals surface area (Å²) in [5.41, 5.74) is 0. The second kappa shape index (κ2) is 53.5. The topological polar surface area (TPSA) is 0 Å². The quantitative estimate of drug-likeness (QED) is 0.513. The Morgan fingerprint density at radius 2 is 0.571 bits per heavy atom. The van der Waals surface area contributed by atoms with Gasteiger partial charge in [0.25, 0.3) is 0 Å². The second-order valence-electron chi connectivity index (χ2n) is 0. The minimum atomic E-state index is 0. The zero-order valence-electron chi connectivity index (χ0n) is 4.39. The Bertz CT molecular complexity index is 12.4. The van der Waals surface area contributed by atoms with Crippen molar-refractivity contribution in [2.75, 3.05) is 0 Å². The molecule has 0 aromatic rings. The van der Waals surface area contributed by atoms with Gasteiger partial charge in [-0.1, -0.05) is 0 Å². The molecule has 0 aliphatic carbocycles. The smallest absolute Gasteiger partial charge is 1.00 e. The van der Waals surface area contributed by atoms with E-state index in [2.05, 4.69) is 0 Å². The van der Waals surface area contributed by atoms with Gasteiger partial charge in [-0.25, -0.2) is 0 Å². The van der Waals surface area contributed by atoms with Crippen LogP contribution in [0.4, 0.5) is 0 Å². The second-order valence-corrected chi connectivity index (χ2v) is 0. The van der Waals surface area contributed by atoms with Crippen LogP contribution >= 0.6 is 62.0 Å². The summed E-state index contributed by atoms with van der Waals surface area (Å²) >= 11 is 0. The van der Waals surface area contributed by atoms with E-state index < -0.39 is 0 Å². The van der Waals surface area contributed by atoms with Crippen molar-refractivity contribution in [1.82, 2.24) is 0 Å². The Kier molecular flexibility index (Phi) is 561. The van der Waals surface area contributed by atoms with Gasteiger partial charge < -0.3 is 1.43 Å². The first-order valence-electron chi connectivity index (χ1n) is 0. The van der Waals surface area contributed by atoms with E-state index in [1.54, 1.807) is 0 Å². The van der Waals surface area contributed by atoms with Gasteiger partial charge in [-0.05, 0) is 0 Å². The van der Waals surface area contributed by atoms with Gasteiger partial charge in [-0.2, -0.15) is 0 Å². The molecule has 0 heterocycles. The van der Waals surface area contributed by atoms with Crippen molar-refractivity contribution in [3.05, 3.63) is 0 Å². The molecule has 0 saturated carbocycles. The normalized spacial score (nSPS) is 0. The van der Waals surface area contributed by atoms with Crippen molar-refractivity contribution < 1.29 is 72.3 Å². The third-order valence-electron chi connectivity index (χ3n) is 0. The zero-order valence-corrected chi connectivity index (χ0v) is 12.3. The SMILES string of the molecule is Cl.Cl.Cl.Cl.Cl.[H-].[K+].[Ru]. The van der Waals surface area contributed by atoms with Gasteiger partial charge in [0.05, 0.1) is 0 Å². The summed E-state index contributed by atoms with van der Waals surface area (Å²) in [5, 5.41) is 0. The van der Waals surface area contributed by atoms with Crippen LogP contribution in [0.3, 0.4) is 0 Å². The monoisotopic (exact) mass is 322 g/mol. The van der Waals surface area contributed by atoms with E-state index in [-0.39, 0.29) is 134 Å². The third-order valence-corrected chi connectivity index (χ3v) is 0. The van der Waals surface area contributed by atoms with Crippen molar-refractivity contribution in [2.24, 2.45) is 0 Å². The van der Waals surface area contributed by atoms with Crippen LogP contribution in [0.5, 0.6) is 0 Å². The van der Waals surface area contributed by atoms with Crippen LogP contribution in [0.2, 0.25) is 0 Å². The first-order valence-corrected chi connectivity index (χ1v) is 0. The summed E-state index contributed by atoms with van der Waals surface area (Å²) in [5.74, 6) is 0. The first kappa shape index (κ1) is 73.4. The Labute approximate surface area is 131 Å². The van der Waals surface area contributed by atoms with Crippen LogP contribution in [0, 0.1) is 0 Å². The van der Waals surface area contributed by atoms with Crippen molar-refractivity contribution in [2.45, 2.75) is 0 Å². The van der Waals surface area contributed by atoms with E-state index in [1.165, 1.54) is 0 Å². The predicted octanol–water partition coefficient (Wildman–Crippen LogP) is -0.777. The molecule has 0 radical (unpaired) electrons. The first-order chi connectivity index (χ1) is 0. The Morgan fingerprint density at radius 1 is 0.571 bits per heavy atom. The summed E-state index contributed by atoms with van der Waals surface area (Å²) in [4.78, 5) is 0. The molecule has 0 unspecified atom stereocenters.